The zero-order chi connectivity index (χ0) is 18.2. The maximum Gasteiger partial charge on any atom is 0.0485 e. The Balaban J connectivity index is 1.64. The number of allylic oxidation sites excluding steroid dienone is 3. The van der Waals surface area contributed by atoms with Gasteiger partial charge < -0.3 is 4.57 Å². The van der Waals surface area contributed by atoms with Crippen LogP contribution in [0.4, 0.5) is 0 Å². The standard InChI is InChI=1S/C26H21N/c1-27-25-16-13-21(19-8-4-2-5-9-19)12-15-23(25)24-18-22(14-17-26(24)27)20-10-6-3-7-11-20/h2-14,16-18H,15H2,1H3. The molecular weight excluding hydrogens is 326 g/mol. The summed E-state index contributed by atoms with van der Waals surface area (Å²) in [6.07, 6.45) is 7.82. The zero-order valence-corrected chi connectivity index (χ0v) is 15.4. The van der Waals surface area contributed by atoms with Crippen LogP contribution in [0.25, 0.3) is 33.7 Å². The van der Waals surface area contributed by atoms with Gasteiger partial charge >= 0.3 is 0 Å². The van der Waals surface area contributed by atoms with E-state index in [1.807, 2.05) is 0 Å². The van der Waals surface area contributed by atoms with E-state index in [0.29, 0.717) is 0 Å². The van der Waals surface area contributed by atoms with E-state index in [1.54, 1.807) is 0 Å². The number of hydrogen-bond acceptors (Lipinski definition) is 0. The summed E-state index contributed by atoms with van der Waals surface area (Å²) in [6, 6.07) is 28.1. The van der Waals surface area contributed by atoms with Gasteiger partial charge in [-0.1, -0.05) is 78.9 Å². The van der Waals surface area contributed by atoms with Gasteiger partial charge in [0.05, 0.1) is 0 Å². The van der Waals surface area contributed by atoms with E-state index < -0.39 is 0 Å². The average molecular weight is 347 g/mol. The molecule has 3 aromatic carbocycles. The number of aromatic nitrogens is 1. The molecule has 27 heavy (non-hydrogen) atoms. The summed E-state index contributed by atoms with van der Waals surface area (Å²) in [5.74, 6) is 0. The highest BCUT2D eigenvalue weighted by Gasteiger charge is 2.15. The molecule has 1 heteroatoms. The maximum absolute atomic E-state index is 2.35. The number of hydrogen-bond donors (Lipinski definition) is 0. The van der Waals surface area contributed by atoms with Crippen molar-refractivity contribution in [3.05, 3.63) is 108 Å². The minimum Gasteiger partial charge on any atom is -0.344 e. The Hall–Kier alpha value is -3.32. The van der Waals surface area contributed by atoms with E-state index in [-0.39, 0.29) is 0 Å². The van der Waals surface area contributed by atoms with E-state index in [2.05, 4.69) is 109 Å². The predicted octanol–water partition coefficient (Wildman–Crippen LogP) is 6.50. The van der Waals surface area contributed by atoms with Crippen LogP contribution in [0.2, 0.25) is 0 Å². The van der Waals surface area contributed by atoms with Gasteiger partial charge in [-0.15, -0.1) is 0 Å². The van der Waals surface area contributed by atoms with Crippen molar-refractivity contribution in [1.29, 1.82) is 0 Å². The first-order chi connectivity index (χ1) is 13.3. The van der Waals surface area contributed by atoms with E-state index in [4.69, 9.17) is 0 Å². The van der Waals surface area contributed by atoms with Gasteiger partial charge in [0.25, 0.3) is 0 Å². The minimum absolute atomic E-state index is 0.947. The van der Waals surface area contributed by atoms with Crippen molar-refractivity contribution >= 4 is 22.6 Å². The molecule has 0 amide bonds. The summed E-state index contributed by atoms with van der Waals surface area (Å²) in [5, 5.41) is 1.35. The molecule has 1 aromatic heterocycles. The lowest BCUT2D eigenvalue weighted by atomic mass is 10.0. The van der Waals surface area contributed by atoms with E-state index in [1.165, 1.54) is 44.4 Å². The lowest BCUT2D eigenvalue weighted by Crippen LogP contribution is -1.91. The molecule has 5 rings (SSSR count). The highest BCUT2D eigenvalue weighted by molar-refractivity contribution is 5.94. The van der Waals surface area contributed by atoms with Crippen molar-refractivity contribution in [2.75, 3.05) is 0 Å². The minimum atomic E-state index is 0.947. The summed E-state index contributed by atoms with van der Waals surface area (Å²) < 4.78 is 2.32. The van der Waals surface area contributed by atoms with Crippen molar-refractivity contribution in [2.24, 2.45) is 7.05 Å². The van der Waals surface area contributed by atoms with Crippen molar-refractivity contribution in [1.82, 2.24) is 4.57 Å². The van der Waals surface area contributed by atoms with Crippen LogP contribution in [-0.2, 0) is 13.5 Å². The van der Waals surface area contributed by atoms with E-state index in [0.717, 1.165) is 6.42 Å². The monoisotopic (exact) mass is 347 g/mol. The molecule has 0 bridgehead atoms. The molecule has 0 saturated carbocycles. The first-order valence-electron chi connectivity index (χ1n) is 9.41. The number of benzene rings is 3. The van der Waals surface area contributed by atoms with Crippen LogP contribution < -0.4 is 0 Å². The van der Waals surface area contributed by atoms with Crippen molar-refractivity contribution in [3.63, 3.8) is 0 Å². The molecule has 1 heterocycles. The number of nitrogens with zero attached hydrogens (tertiary/aromatic N) is 1. The molecular formula is C26H21N. The summed E-state index contributed by atoms with van der Waals surface area (Å²) in [5.41, 5.74) is 9.11. The molecule has 0 spiro atoms. The SMILES string of the molecule is Cn1c2c(c3cc(-c4ccccc4)ccc31)CC=C(c1ccccc1)C=C2. The maximum atomic E-state index is 2.35. The number of fused-ring (bicyclic) bond motifs is 3. The molecule has 0 unspecified atom stereocenters. The van der Waals surface area contributed by atoms with Crippen molar-refractivity contribution in [2.45, 2.75) is 6.42 Å². The summed E-state index contributed by atoms with van der Waals surface area (Å²) in [7, 11) is 2.17. The summed E-state index contributed by atoms with van der Waals surface area (Å²) >= 11 is 0. The molecule has 0 fully saturated rings. The third kappa shape index (κ3) is 2.72. The molecule has 0 atom stereocenters. The van der Waals surface area contributed by atoms with Gasteiger partial charge in [-0.2, -0.15) is 0 Å². The third-order valence-electron chi connectivity index (χ3n) is 5.51. The Kier molecular flexibility index (Phi) is 3.79. The van der Waals surface area contributed by atoms with Gasteiger partial charge in [0, 0.05) is 23.6 Å². The Morgan fingerprint density at radius 1 is 0.704 bits per heavy atom. The normalized spacial score (nSPS) is 13.3. The zero-order valence-electron chi connectivity index (χ0n) is 15.4. The van der Waals surface area contributed by atoms with Crippen LogP contribution in [-0.4, -0.2) is 4.57 Å². The molecule has 0 saturated heterocycles. The quantitative estimate of drug-likeness (QED) is 0.390. The Morgan fingerprint density at radius 3 is 2.15 bits per heavy atom. The van der Waals surface area contributed by atoms with E-state index >= 15 is 0 Å². The second kappa shape index (κ2) is 6.44. The third-order valence-corrected chi connectivity index (χ3v) is 5.51. The van der Waals surface area contributed by atoms with Gasteiger partial charge in [-0.05, 0) is 52.5 Å². The molecule has 0 N–H and O–H groups in total. The highest BCUT2D eigenvalue weighted by atomic mass is 14.9. The molecule has 1 aliphatic rings. The summed E-state index contributed by atoms with van der Waals surface area (Å²) in [6.45, 7) is 0. The second-order valence-corrected chi connectivity index (χ2v) is 7.08. The van der Waals surface area contributed by atoms with Gasteiger partial charge in [0.15, 0.2) is 0 Å². The topological polar surface area (TPSA) is 4.93 Å². The van der Waals surface area contributed by atoms with Crippen molar-refractivity contribution in [3.8, 4) is 11.1 Å². The fourth-order valence-corrected chi connectivity index (χ4v) is 4.07. The average Bonchev–Trinajstić information content (AvgIpc) is 2.88. The first kappa shape index (κ1) is 15.9. The van der Waals surface area contributed by atoms with Gasteiger partial charge in [0.2, 0.25) is 0 Å². The molecule has 1 aliphatic carbocycles. The number of aryl methyl sites for hydroxylation is 1. The lowest BCUT2D eigenvalue weighted by Gasteiger charge is -2.04. The van der Waals surface area contributed by atoms with Gasteiger partial charge in [-0.25, -0.2) is 0 Å². The van der Waals surface area contributed by atoms with Crippen LogP contribution in [0.15, 0.2) is 91.0 Å². The van der Waals surface area contributed by atoms with Crippen molar-refractivity contribution < 1.29 is 0 Å². The molecule has 130 valence electrons. The fourth-order valence-electron chi connectivity index (χ4n) is 4.07. The lowest BCUT2D eigenvalue weighted by molar-refractivity contribution is 0.945. The Morgan fingerprint density at radius 2 is 1.41 bits per heavy atom. The Bertz CT molecular complexity index is 1180. The van der Waals surface area contributed by atoms with Crippen LogP contribution in [0.3, 0.4) is 0 Å². The molecule has 4 aromatic rings. The highest BCUT2D eigenvalue weighted by Crippen LogP contribution is 2.34. The van der Waals surface area contributed by atoms with Crippen LogP contribution >= 0.6 is 0 Å². The van der Waals surface area contributed by atoms with Gasteiger partial charge in [-0.3, -0.25) is 0 Å². The largest absolute Gasteiger partial charge is 0.344 e. The first-order valence-corrected chi connectivity index (χ1v) is 9.41. The molecule has 1 nitrogen and oxygen atoms in total. The smallest absolute Gasteiger partial charge is 0.0485 e. The Labute approximate surface area is 159 Å². The fraction of sp³-hybridized carbons (Fsp3) is 0.0769. The molecule has 0 radical (unpaired) electrons. The van der Waals surface area contributed by atoms with E-state index in [9.17, 15) is 0 Å². The van der Waals surface area contributed by atoms with Crippen LogP contribution in [0.1, 0.15) is 16.8 Å². The van der Waals surface area contributed by atoms with Crippen LogP contribution in [0.5, 0.6) is 0 Å². The number of rotatable bonds is 2. The predicted molar refractivity (Wildman–Crippen MR) is 116 cm³/mol. The van der Waals surface area contributed by atoms with Crippen LogP contribution in [0, 0.1) is 0 Å². The molecule has 0 aliphatic heterocycles. The van der Waals surface area contributed by atoms with Gasteiger partial charge in [0.1, 0.15) is 0 Å². The second-order valence-electron chi connectivity index (χ2n) is 7.08. The summed E-state index contributed by atoms with van der Waals surface area (Å²) in [4.78, 5) is 0.